The highest BCUT2D eigenvalue weighted by molar-refractivity contribution is 6.46. The number of methoxy groups -OCH3 is 2. The number of carbonyl (C=O) groups is 2. The molecule has 8 heteroatoms. The summed E-state index contributed by atoms with van der Waals surface area (Å²) in [5, 5.41) is 11.1. The van der Waals surface area contributed by atoms with Crippen molar-refractivity contribution in [2.24, 2.45) is 0 Å². The SMILES string of the molecule is COc1ccc(OC)c([C@H]2C(=C(O)c3ccc(F)cc3)C(=O)C(=O)N2C[C@@H]2CCCO2)c1. The minimum Gasteiger partial charge on any atom is -0.507 e. The summed E-state index contributed by atoms with van der Waals surface area (Å²) in [6.45, 7) is 0.785. The van der Waals surface area contributed by atoms with Gasteiger partial charge in [0.1, 0.15) is 23.1 Å². The number of ketones is 1. The van der Waals surface area contributed by atoms with E-state index in [1.807, 2.05) is 0 Å². The molecule has 0 saturated carbocycles. The van der Waals surface area contributed by atoms with E-state index in [1.165, 1.54) is 43.4 Å². The fraction of sp³-hybridized carbons (Fsp3) is 0.333. The van der Waals surface area contributed by atoms with Gasteiger partial charge in [-0.05, 0) is 55.3 Å². The van der Waals surface area contributed by atoms with Crippen molar-refractivity contribution >= 4 is 17.4 Å². The third-order valence-electron chi connectivity index (χ3n) is 5.81. The van der Waals surface area contributed by atoms with Crippen LogP contribution >= 0.6 is 0 Å². The molecule has 2 heterocycles. The molecule has 2 aromatic rings. The Bertz CT molecular complexity index is 1060. The van der Waals surface area contributed by atoms with Crippen molar-refractivity contribution in [3.63, 3.8) is 0 Å². The van der Waals surface area contributed by atoms with Crippen molar-refractivity contribution in [1.29, 1.82) is 0 Å². The van der Waals surface area contributed by atoms with Crippen LogP contribution < -0.4 is 9.47 Å². The number of amides is 1. The minimum absolute atomic E-state index is 0.0915. The van der Waals surface area contributed by atoms with Crippen molar-refractivity contribution < 1.29 is 33.3 Å². The van der Waals surface area contributed by atoms with Gasteiger partial charge in [-0.3, -0.25) is 9.59 Å². The zero-order valence-corrected chi connectivity index (χ0v) is 17.8. The van der Waals surface area contributed by atoms with Crippen molar-refractivity contribution in [3.8, 4) is 11.5 Å². The van der Waals surface area contributed by atoms with Crippen LogP contribution in [0.3, 0.4) is 0 Å². The summed E-state index contributed by atoms with van der Waals surface area (Å²) >= 11 is 0. The number of Topliss-reactive ketones (excluding diaryl/α,β-unsaturated/α-hetero) is 1. The zero-order chi connectivity index (χ0) is 22.8. The van der Waals surface area contributed by atoms with Gasteiger partial charge >= 0.3 is 0 Å². The number of ether oxygens (including phenoxy) is 3. The van der Waals surface area contributed by atoms with Gasteiger partial charge in [0, 0.05) is 24.3 Å². The molecular formula is C24H24FNO6. The van der Waals surface area contributed by atoms with Crippen molar-refractivity contribution in [1.82, 2.24) is 4.90 Å². The van der Waals surface area contributed by atoms with Crippen molar-refractivity contribution in [3.05, 3.63) is 65.0 Å². The third kappa shape index (κ3) is 3.93. The Balaban J connectivity index is 1.89. The molecule has 1 amide bonds. The van der Waals surface area contributed by atoms with Gasteiger partial charge in [-0.1, -0.05) is 0 Å². The highest BCUT2D eigenvalue weighted by atomic mass is 19.1. The quantitative estimate of drug-likeness (QED) is 0.420. The second-order valence-corrected chi connectivity index (χ2v) is 7.70. The third-order valence-corrected chi connectivity index (χ3v) is 5.81. The van der Waals surface area contributed by atoms with Gasteiger partial charge in [0.15, 0.2) is 0 Å². The van der Waals surface area contributed by atoms with Gasteiger partial charge in [0.25, 0.3) is 11.7 Å². The number of likely N-dealkylation sites (tertiary alicyclic amines) is 1. The molecule has 0 bridgehead atoms. The summed E-state index contributed by atoms with van der Waals surface area (Å²) in [5.74, 6) is -1.48. The van der Waals surface area contributed by atoms with Gasteiger partial charge in [-0.25, -0.2) is 4.39 Å². The van der Waals surface area contributed by atoms with E-state index in [-0.39, 0.29) is 29.5 Å². The largest absolute Gasteiger partial charge is 0.507 e. The molecule has 0 unspecified atom stereocenters. The first kappa shape index (κ1) is 21.8. The molecule has 32 heavy (non-hydrogen) atoms. The molecular weight excluding hydrogens is 417 g/mol. The number of rotatable bonds is 6. The van der Waals surface area contributed by atoms with Crippen LogP contribution in [0.25, 0.3) is 5.76 Å². The average Bonchev–Trinajstić information content (AvgIpc) is 3.41. The number of aliphatic hydroxyl groups excluding tert-OH is 1. The normalized spacial score (nSPS) is 22.4. The fourth-order valence-electron chi connectivity index (χ4n) is 4.22. The van der Waals surface area contributed by atoms with Crippen LogP contribution in [-0.4, -0.2) is 55.2 Å². The van der Waals surface area contributed by atoms with E-state index in [2.05, 4.69) is 0 Å². The Morgan fingerprint density at radius 3 is 2.53 bits per heavy atom. The molecule has 2 aliphatic rings. The van der Waals surface area contributed by atoms with E-state index in [9.17, 15) is 19.1 Å². The Morgan fingerprint density at radius 2 is 1.91 bits per heavy atom. The van der Waals surface area contributed by atoms with E-state index in [0.29, 0.717) is 23.7 Å². The van der Waals surface area contributed by atoms with Crippen molar-refractivity contribution in [2.75, 3.05) is 27.4 Å². The van der Waals surface area contributed by atoms with Gasteiger partial charge in [-0.2, -0.15) is 0 Å². The first-order valence-electron chi connectivity index (χ1n) is 10.3. The number of halogens is 1. The number of benzene rings is 2. The summed E-state index contributed by atoms with van der Waals surface area (Å²) < 4.78 is 30.0. The van der Waals surface area contributed by atoms with Crippen LogP contribution in [0.5, 0.6) is 11.5 Å². The molecule has 1 N–H and O–H groups in total. The maximum absolute atomic E-state index is 13.4. The standard InChI is InChI=1S/C24H24FNO6/c1-30-16-9-10-19(31-2)18(12-16)21-20(22(27)14-5-7-15(25)8-6-14)23(28)24(29)26(21)13-17-4-3-11-32-17/h5-10,12,17,21,27H,3-4,11,13H2,1-2H3/t17-,21-/m0/s1. The predicted octanol–water partition coefficient (Wildman–Crippen LogP) is 3.44. The monoisotopic (exact) mass is 441 g/mol. The van der Waals surface area contributed by atoms with Crippen LogP contribution in [0, 0.1) is 5.82 Å². The van der Waals surface area contributed by atoms with E-state index in [4.69, 9.17) is 14.2 Å². The lowest BCUT2D eigenvalue weighted by Crippen LogP contribution is -2.36. The second-order valence-electron chi connectivity index (χ2n) is 7.70. The smallest absolute Gasteiger partial charge is 0.295 e. The predicted molar refractivity (Wildman–Crippen MR) is 114 cm³/mol. The van der Waals surface area contributed by atoms with Gasteiger partial charge in [-0.15, -0.1) is 0 Å². The Kier molecular flexibility index (Phi) is 6.14. The molecule has 0 spiro atoms. The molecule has 2 saturated heterocycles. The van der Waals surface area contributed by atoms with Crippen LogP contribution in [0.1, 0.15) is 30.0 Å². The Labute approximate surface area is 185 Å². The minimum atomic E-state index is -0.922. The number of hydrogen-bond donors (Lipinski definition) is 1. The van der Waals surface area contributed by atoms with Crippen LogP contribution in [0.2, 0.25) is 0 Å². The van der Waals surface area contributed by atoms with Gasteiger partial charge < -0.3 is 24.2 Å². The highest BCUT2D eigenvalue weighted by Gasteiger charge is 2.48. The lowest BCUT2D eigenvalue weighted by Gasteiger charge is -2.28. The maximum atomic E-state index is 13.4. The number of nitrogens with zero attached hydrogens (tertiary/aromatic N) is 1. The molecule has 168 valence electrons. The van der Waals surface area contributed by atoms with Crippen molar-refractivity contribution in [2.45, 2.75) is 25.0 Å². The van der Waals surface area contributed by atoms with Gasteiger partial charge in [0.2, 0.25) is 0 Å². The summed E-state index contributed by atoms with van der Waals surface area (Å²) in [4.78, 5) is 27.6. The summed E-state index contributed by atoms with van der Waals surface area (Å²) in [6, 6.07) is 9.21. The average molecular weight is 441 g/mol. The molecule has 2 atom stereocenters. The summed E-state index contributed by atoms with van der Waals surface area (Å²) in [7, 11) is 2.99. The Hall–Kier alpha value is -3.39. The summed E-state index contributed by atoms with van der Waals surface area (Å²) in [5.41, 5.74) is 0.632. The molecule has 2 fully saturated rings. The second kappa shape index (κ2) is 9.00. The van der Waals surface area contributed by atoms with Gasteiger partial charge in [0.05, 0.1) is 31.9 Å². The van der Waals surface area contributed by atoms with E-state index >= 15 is 0 Å². The highest BCUT2D eigenvalue weighted by Crippen LogP contribution is 2.44. The lowest BCUT2D eigenvalue weighted by molar-refractivity contribution is -0.140. The molecule has 2 aromatic carbocycles. The zero-order valence-electron chi connectivity index (χ0n) is 17.8. The van der Waals surface area contributed by atoms with Crippen LogP contribution in [0.4, 0.5) is 4.39 Å². The van der Waals surface area contributed by atoms with E-state index in [0.717, 1.165) is 12.8 Å². The molecule has 4 rings (SSSR count). The number of aliphatic hydroxyl groups is 1. The van der Waals surface area contributed by atoms with Crippen LogP contribution in [0.15, 0.2) is 48.0 Å². The van der Waals surface area contributed by atoms with E-state index < -0.39 is 23.5 Å². The topological polar surface area (TPSA) is 85.3 Å². The molecule has 2 aliphatic heterocycles. The molecule has 0 radical (unpaired) electrons. The first-order chi connectivity index (χ1) is 15.4. The lowest BCUT2D eigenvalue weighted by atomic mass is 9.94. The Morgan fingerprint density at radius 1 is 1.16 bits per heavy atom. The molecule has 0 aromatic heterocycles. The fourth-order valence-corrected chi connectivity index (χ4v) is 4.22. The van der Waals surface area contributed by atoms with Crippen LogP contribution in [-0.2, 0) is 14.3 Å². The number of hydrogen-bond acceptors (Lipinski definition) is 6. The molecule has 7 nitrogen and oxygen atoms in total. The van der Waals surface area contributed by atoms with E-state index in [1.54, 1.807) is 18.2 Å². The number of carbonyl (C=O) groups excluding carboxylic acids is 2. The molecule has 0 aliphatic carbocycles. The first-order valence-corrected chi connectivity index (χ1v) is 10.3. The maximum Gasteiger partial charge on any atom is 0.295 e. The summed E-state index contributed by atoms with van der Waals surface area (Å²) in [6.07, 6.45) is 1.43.